The summed E-state index contributed by atoms with van der Waals surface area (Å²) in [6.07, 6.45) is 0.515. The highest BCUT2D eigenvalue weighted by Gasteiger charge is 2.18. The van der Waals surface area contributed by atoms with Crippen LogP contribution in [0, 0.1) is 20.8 Å². The molecule has 39 heavy (non-hydrogen) atoms. The van der Waals surface area contributed by atoms with Gasteiger partial charge in [-0.25, -0.2) is 27.4 Å². The zero-order valence-corrected chi connectivity index (χ0v) is 23.0. The normalized spacial score (nSPS) is 11.2. The molecule has 0 aliphatic heterocycles. The Morgan fingerprint density at radius 1 is 0.949 bits per heavy atom. The van der Waals surface area contributed by atoms with E-state index in [4.69, 9.17) is 9.84 Å². The van der Waals surface area contributed by atoms with Crippen molar-refractivity contribution in [2.45, 2.75) is 32.1 Å². The first-order valence-electron chi connectivity index (χ1n) is 12.3. The Bertz CT molecular complexity index is 1610. The van der Waals surface area contributed by atoms with Gasteiger partial charge >= 0.3 is 12.0 Å². The molecule has 0 aliphatic carbocycles. The quantitative estimate of drug-likeness (QED) is 0.315. The fraction of sp³-hybridized carbons (Fsp3) is 0.207. The average molecular weight is 547 g/mol. The zero-order valence-electron chi connectivity index (χ0n) is 22.2. The van der Waals surface area contributed by atoms with Crippen molar-refractivity contribution in [3.05, 3.63) is 101 Å². The number of esters is 1. The third kappa shape index (κ3) is 6.35. The number of urea groups is 1. The second kappa shape index (κ2) is 11.5. The molecule has 2 N–H and O–H groups in total. The van der Waals surface area contributed by atoms with Crippen LogP contribution in [0.1, 0.15) is 32.9 Å². The highest BCUT2D eigenvalue weighted by molar-refractivity contribution is 7.90. The van der Waals surface area contributed by atoms with Crippen molar-refractivity contribution in [1.29, 1.82) is 0 Å². The fourth-order valence-electron chi connectivity index (χ4n) is 4.29. The van der Waals surface area contributed by atoms with Gasteiger partial charge in [0.2, 0.25) is 0 Å². The predicted molar refractivity (Wildman–Crippen MR) is 148 cm³/mol. The molecule has 4 aromatic rings. The number of hydrogen-bond donors (Lipinski definition) is 2. The van der Waals surface area contributed by atoms with Gasteiger partial charge in [-0.05, 0) is 74.7 Å². The van der Waals surface area contributed by atoms with E-state index in [2.05, 4.69) is 5.32 Å². The molecule has 0 aliphatic rings. The van der Waals surface area contributed by atoms with Crippen LogP contribution in [-0.2, 0) is 21.2 Å². The van der Waals surface area contributed by atoms with Gasteiger partial charge in [0.15, 0.2) is 0 Å². The zero-order chi connectivity index (χ0) is 28.2. The summed E-state index contributed by atoms with van der Waals surface area (Å²) in [5, 5.41) is 7.30. The van der Waals surface area contributed by atoms with Crippen LogP contribution in [0.2, 0.25) is 0 Å². The number of carbonyl (C=O) groups excluding carboxylic acids is 2. The van der Waals surface area contributed by atoms with Crippen LogP contribution in [0.4, 0.5) is 4.79 Å². The molecule has 9 nitrogen and oxygen atoms in total. The molecule has 0 spiro atoms. The number of sulfonamides is 1. The molecule has 202 valence electrons. The Kier molecular flexibility index (Phi) is 8.15. The number of rotatable bonds is 8. The number of nitrogens with one attached hydrogen (secondary N) is 2. The maximum atomic E-state index is 12.4. The number of amides is 2. The van der Waals surface area contributed by atoms with Gasteiger partial charge in [0, 0.05) is 17.8 Å². The number of hydrogen-bond acceptors (Lipinski definition) is 6. The topological polar surface area (TPSA) is 119 Å². The van der Waals surface area contributed by atoms with Gasteiger partial charge < -0.3 is 10.1 Å². The first-order chi connectivity index (χ1) is 18.6. The van der Waals surface area contributed by atoms with E-state index in [0.29, 0.717) is 12.0 Å². The van der Waals surface area contributed by atoms with E-state index in [9.17, 15) is 18.0 Å². The summed E-state index contributed by atoms with van der Waals surface area (Å²) in [5.41, 5.74) is 6.81. The second-order valence-corrected chi connectivity index (χ2v) is 10.8. The summed E-state index contributed by atoms with van der Waals surface area (Å²) >= 11 is 0. The largest absolute Gasteiger partial charge is 0.465 e. The minimum atomic E-state index is -3.94. The third-order valence-electron chi connectivity index (χ3n) is 6.30. The number of methoxy groups -OCH3 is 1. The number of ether oxygens (including phenoxy) is 1. The SMILES string of the molecule is COC(=O)c1cccc(-c2c(C)nn(-c3ccc(CCNC(=O)NS(=O)(=O)c4ccc(C)cc4)cc3)c2C)c1. The van der Waals surface area contributed by atoms with E-state index < -0.39 is 22.0 Å². The standard InChI is InChI=1S/C29H30N4O5S/c1-19-8-14-26(15-9-19)39(36,37)32-29(35)30-17-16-22-10-12-25(13-11-22)33-21(3)27(20(2)31-33)23-6-5-7-24(18-23)28(34)38-4/h5-15,18H,16-17H2,1-4H3,(H2,30,32,35). The highest BCUT2D eigenvalue weighted by atomic mass is 32.2. The van der Waals surface area contributed by atoms with Crippen LogP contribution in [0.25, 0.3) is 16.8 Å². The van der Waals surface area contributed by atoms with Crippen molar-refractivity contribution in [2.75, 3.05) is 13.7 Å². The molecule has 0 bridgehead atoms. The molecule has 3 aromatic carbocycles. The van der Waals surface area contributed by atoms with Crippen molar-refractivity contribution in [2.24, 2.45) is 0 Å². The first-order valence-corrected chi connectivity index (χ1v) is 13.8. The number of nitrogens with zero attached hydrogens (tertiary/aromatic N) is 2. The molecule has 0 saturated heterocycles. The van der Waals surface area contributed by atoms with Gasteiger partial charge in [-0.15, -0.1) is 0 Å². The second-order valence-electron chi connectivity index (χ2n) is 9.12. The Balaban J connectivity index is 1.39. The fourth-order valence-corrected chi connectivity index (χ4v) is 5.22. The lowest BCUT2D eigenvalue weighted by molar-refractivity contribution is 0.0600. The Morgan fingerprint density at radius 3 is 2.31 bits per heavy atom. The van der Waals surface area contributed by atoms with E-state index in [0.717, 1.165) is 39.3 Å². The molecular formula is C29H30N4O5S. The van der Waals surface area contributed by atoms with Crippen molar-refractivity contribution in [1.82, 2.24) is 19.8 Å². The minimum Gasteiger partial charge on any atom is -0.465 e. The number of aryl methyl sites for hydroxylation is 2. The number of benzene rings is 3. The lowest BCUT2D eigenvalue weighted by Crippen LogP contribution is -2.40. The lowest BCUT2D eigenvalue weighted by atomic mass is 10.0. The van der Waals surface area contributed by atoms with Crippen LogP contribution in [0.5, 0.6) is 0 Å². The highest BCUT2D eigenvalue weighted by Crippen LogP contribution is 2.29. The van der Waals surface area contributed by atoms with Crippen molar-refractivity contribution in [3.8, 4) is 16.8 Å². The number of aromatic nitrogens is 2. The third-order valence-corrected chi connectivity index (χ3v) is 7.65. The Morgan fingerprint density at radius 2 is 1.64 bits per heavy atom. The molecule has 0 unspecified atom stereocenters. The smallest absolute Gasteiger partial charge is 0.337 e. The maximum absolute atomic E-state index is 12.4. The van der Waals surface area contributed by atoms with Gasteiger partial charge in [-0.3, -0.25) is 0 Å². The molecule has 10 heteroatoms. The van der Waals surface area contributed by atoms with Crippen LogP contribution in [0.15, 0.2) is 77.7 Å². The average Bonchev–Trinajstić information content (AvgIpc) is 3.22. The van der Waals surface area contributed by atoms with E-state index >= 15 is 0 Å². The molecule has 0 fully saturated rings. The van der Waals surface area contributed by atoms with Gasteiger partial charge in [0.05, 0.1) is 29.0 Å². The Hall–Kier alpha value is -4.44. The summed E-state index contributed by atoms with van der Waals surface area (Å²) in [7, 11) is -2.58. The first kappa shape index (κ1) is 27.6. The van der Waals surface area contributed by atoms with Gasteiger partial charge in [0.25, 0.3) is 10.0 Å². The molecule has 2 amide bonds. The van der Waals surface area contributed by atoms with Gasteiger partial charge in [0.1, 0.15) is 0 Å². The molecule has 4 rings (SSSR count). The van der Waals surface area contributed by atoms with Gasteiger partial charge in [-0.1, -0.05) is 42.0 Å². The van der Waals surface area contributed by atoms with Gasteiger partial charge in [-0.2, -0.15) is 5.10 Å². The van der Waals surface area contributed by atoms with Crippen LogP contribution < -0.4 is 10.0 Å². The summed E-state index contributed by atoms with van der Waals surface area (Å²) in [6.45, 7) is 6.01. The van der Waals surface area contributed by atoms with Crippen LogP contribution in [0.3, 0.4) is 0 Å². The maximum Gasteiger partial charge on any atom is 0.337 e. The van der Waals surface area contributed by atoms with Crippen LogP contribution >= 0.6 is 0 Å². The summed E-state index contributed by atoms with van der Waals surface area (Å²) in [5.74, 6) is -0.394. The molecule has 1 aromatic heterocycles. The summed E-state index contributed by atoms with van der Waals surface area (Å²) in [4.78, 5) is 24.2. The van der Waals surface area contributed by atoms with Crippen LogP contribution in [-0.4, -0.2) is 43.9 Å². The van der Waals surface area contributed by atoms with Crippen molar-refractivity contribution < 1.29 is 22.7 Å². The van der Waals surface area contributed by atoms with Crippen molar-refractivity contribution in [3.63, 3.8) is 0 Å². The van der Waals surface area contributed by atoms with E-state index in [1.807, 2.05) is 66.6 Å². The molecule has 0 radical (unpaired) electrons. The Labute approximate surface area is 227 Å². The predicted octanol–water partition coefficient (Wildman–Crippen LogP) is 4.48. The van der Waals surface area contributed by atoms with Crippen molar-refractivity contribution >= 4 is 22.0 Å². The lowest BCUT2D eigenvalue weighted by Gasteiger charge is -2.10. The molecule has 0 atom stereocenters. The van der Waals surface area contributed by atoms with E-state index in [1.165, 1.54) is 19.2 Å². The molecule has 1 heterocycles. The van der Waals surface area contributed by atoms with E-state index in [-0.39, 0.29) is 11.4 Å². The summed E-state index contributed by atoms with van der Waals surface area (Å²) in [6, 6.07) is 20.5. The molecule has 0 saturated carbocycles. The van der Waals surface area contributed by atoms with E-state index in [1.54, 1.807) is 24.3 Å². The minimum absolute atomic E-state index is 0.0299. The monoisotopic (exact) mass is 546 g/mol. The number of carbonyl (C=O) groups is 2. The summed E-state index contributed by atoms with van der Waals surface area (Å²) < 4.78 is 33.5. The molecular weight excluding hydrogens is 516 g/mol.